The Morgan fingerprint density at radius 3 is 2.43 bits per heavy atom. The maximum Gasteiger partial charge on any atom is 0.274 e. The summed E-state index contributed by atoms with van der Waals surface area (Å²) < 4.78 is 12.8. The Hall–Kier alpha value is -2.23. The van der Waals surface area contributed by atoms with Gasteiger partial charge in [0, 0.05) is 11.9 Å². The first kappa shape index (κ1) is 13.7. The Bertz CT molecular complexity index is 616. The molecule has 0 aliphatic heterocycles. The monoisotopic (exact) mass is 284 g/mol. The number of amides is 1. The van der Waals surface area contributed by atoms with E-state index >= 15 is 0 Å². The first-order valence-corrected chi connectivity index (χ1v) is 7.25. The predicted molar refractivity (Wildman–Crippen MR) is 79.8 cm³/mol. The van der Waals surface area contributed by atoms with Gasteiger partial charge in [-0.2, -0.15) is 0 Å². The molecule has 1 heterocycles. The molecule has 108 valence electrons. The van der Waals surface area contributed by atoms with E-state index in [-0.39, 0.29) is 11.7 Å². The van der Waals surface area contributed by atoms with Crippen molar-refractivity contribution < 1.29 is 9.18 Å². The Morgan fingerprint density at radius 1 is 1.10 bits per heavy atom. The number of rotatable bonds is 3. The molecule has 4 heteroatoms. The lowest BCUT2D eigenvalue weighted by Gasteiger charge is -2.09. The molecule has 0 radical (unpaired) electrons. The molecule has 0 saturated heterocycles. The highest BCUT2D eigenvalue weighted by molar-refractivity contribution is 6.02. The number of nitrogens with zero attached hydrogens (tertiary/aromatic N) is 1. The van der Waals surface area contributed by atoms with Gasteiger partial charge in [0.2, 0.25) is 0 Å². The van der Waals surface area contributed by atoms with E-state index in [4.69, 9.17) is 0 Å². The fourth-order valence-electron chi connectivity index (χ4n) is 2.77. The number of pyridine rings is 1. The number of halogens is 1. The summed E-state index contributed by atoms with van der Waals surface area (Å²) in [6.07, 6.45) is 6.77. The Balaban J connectivity index is 1.68. The standard InChI is InChI=1S/C17H17FN2O/c18-14-6-8-15(9-7-14)20-17(21)16-10-5-13(11-19-16)12-3-1-2-4-12/h5-12H,1-4H2,(H,20,21). The molecule has 3 nitrogen and oxygen atoms in total. The van der Waals surface area contributed by atoms with Crippen LogP contribution in [-0.4, -0.2) is 10.9 Å². The second kappa shape index (κ2) is 6.04. The minimum absolute atomic E-state index is 0.278. The number of nitrogens with one attached hydrogen (secondary N) is 1. The van der Waals surface area contributed by atoms with Gasteiger partial charge in [-0.05, 0) is 54.7 Å². The summed E-state index contributed by atoms with van der Waals surface area (Å²) in [6, 6.07) is 9.42. The molecule has 0 unspecified atom stereocenters. The molecule has 1 saturated carbocycles. The van der Waals surface area contributed by atoms with Gasteiger partial charge < -0.3 is 5.32 Å². The number of carbonyl (C=O) groups excluding carboxylic acids is 1. The Labute approximate surface area is 123 Å². The predicted octanol–water partition coefficient (Wildman–Crippen LogP) is 4.13. The fourth-order valence-corrected chi connectivity index (χ4v) is 2.77. The third-order valence-corrected chi connectivity index (χ3v) is 3.95. The van der Waals surface area contributed by atoms with Crippen LogP contribution in [0.3, 0.4) is 0 Å². The highest BCUT2D eigenvalue weighted by Gasteiger charge is 2.17. The lowest BCUT2D eigenvalue weighted by molar-refractivity contribution is 0.102. The summed E-state index contributed by atoms with van der Waals surface area (Å²) >= 11 is 0. The number of carbonyl (C=O) groups is 1. The van der Waals surface area contributed by atoms with Gasteiger partial charge in [0.05, 0.1) is 0 Å². The topological polar surface area (TPSA) is 42.0 Å². The van der Waals surface area contributed by atoms with Crippen molar-refractivity contribution in [3.63, 3.8) is 0 Å². The largest absolute Gasteiger partial charge is 0.321 e. The van der Waals surface area contributed by atoms with Crippen molar-refractivity contribution in [1.82, 2.24) is 4.98 Å². The molecule has 3 rings (SSSR count). The molecule has 1 aromatic heterocycles. The second-order valence-electron chi connectivity index (χ2n) is 5.42. The van der Waals surface area contributed by atoms with E-state index in [1.807, 2.05) is 6.07 Å². The minimum atomic E-state index is -0.327. The molecule has 0 atom stereocenters. The van der Waals surface area contributed by atoms with Crippen molar-refractivity contribution in [2.45, 2.75) is 31.6 Å². The van der Waals surface area contributed by atoms with Crippen LogP contribution in [0.25, 0.3) is 0 Å². The molecule has 1 aromatic carbocycles. The van der Waals surface area contributed by atoms with Crippen LogP contribution in [0, 0.1) is 5.82 Å². The number of anilines is 1. The van der Waals surface area contributed by atoms with Crippen LogP contribution in [-0.2, 0) is 0 Å². The molecule has 1 N–H and O–H groups in total. The molecule has 1 fully saturated rings. The van der Waals surface area contributed by atoms with E-state index in [1.165, 1.54) is 55.5 Å². The number of benzene rings is 1. The van der Waals surface area contributed by atoms with E-state index in [2.05, 4.69) is 10.3 Å². The van der Waals surface area contributed by atoms with Gasteiger partial charge in [-0.3, -0.25) is 9.78 Å². The summed E-state index contributed by atoms with van der Waals surface area (Å²) in [4.78, 5) is 16.3. The maximum absolute atomic E-state index is 12.8. The van der Waals surface area contributed by atoms with Gasteiger partial charge >= 0.3 is 0 Å². The smallest absolute Gasteiger partial charge is 0.274 e. The van der Waals surface area contributed by atoms with E-state index in [0.717, 1.165) is 0 Å². The van der Waals surface area contributed by atoms with E-state index < -0.39 is 0 Å². The van der Waals surface area contributed by atoms with Crippen molar-refractivity contribution in [3.05, 3.63) is 59.7 Å². The fraction of sp³-hybridized carbons (Fsp3) is 0.294. The molecular weight excluding hydrogens is 267 g/mol. The molecule has 0 spiro atoms. The van der Waals surface area contributed by atoms with Crippen LogP contribution in [0.1, 0.15) is 47.7 Å². The van der Waals surface area contributed by atoms with Gasteiger partial charge in [0.15, 0.2) is 0 Å². The first-order valence-electron chi connectivity index (χ1n) is 7.25. The SMILES string of the molecule is O=C(Nc1ccc(F)cc1)c1ccc(C2CCCC2)cn1. The van der Waals surface area contributed by atoms with Gasteiger partial charge in [-0.25, -0.2) is 4.39 Å². The third-order valence-electron chi connectivity index (χ3n) is 3.95. The molecule has 1 amide bonds. The van der Waals surface area contributed by atoms with Crippen LogP contribution in [0.15, 0.2) is 42.6 Å². The molecular formula is C17H17FN2O. The number of hydrogen-bond acceptors (Lipinski definition) is 2. The van der Waals surface area contributed by atoms with Crippen molar-refractivity contribution in [3.8, 4) is 0 Å². The molecule has 2 aromatic rings. The van der Waals surface area contributed by atoms with Crippen LogP contribution < -0.4 is 5.32 Å². The van der Waals surface area contributed by atoms with Crippen LogP contribution >= 0.6 is 0 Å². The summed E-state index contributed by atoms with van der Waals surface area (Å²) in [7, 11) is 0. The summed E-state index contributed by atoms with van der Waals surface area (Å²) in [5, 5.41) is 2.71. The van der Waals surface area contributed by atoms with E-state index in [0.29, 0.717) is 17.3 Å². The molecule has 1 aliphatic rings. The zero-order chi connectivity index (χ0) is 14.7. The van der Waals surface area contributed by atoms with Crippen molar-refractivity contribution in [2.75, 3.05) is 5.32 Å². The molecule has 21 heavy (non-hydrogen) atoms. The highest BCUT2D eigenvalue weighted by atomic mass is 19.1. The lowest BCUT2D eigenvalue weighted by Crippen LogP contribution is -2.13. The number of aromatic nitrogens is 1. The van der Waals surface area contributed by atoms with Gasteiger partial charge in [0.1, 0.15) is 11.5 Å². The first-order chi connectivity index (χ1) is 10.2. The summed E-state index contributed by atoms with van der Waals surface area (Å²) in [6.45, 7) is 0. The van der Waals surface area contributed by atoms with Crippen molar-refractivity contribution in [2.24, 2.45) is 0 Å². The molecule has 1 aliphatic carbocycles. The summed E-state index contributed by atoms with van der Waals surface area (Å²) in [5.74, 6) is -0.0154. The zero-order valence-electron chi connectivity index (χ0n) is 11.7. The average Bonchev–Trinajstić information content (AvgIpc) is 3.04. The number of hydrogen-bond donors (Lipinski definition) is 1. The Kier molecular flexibility index (Phi) is 3.95. The maximum atomic E-state index is 12.8. The summed E-state index contributed by atoms with van der Waals surface area (Å²) in [5.41, 5.74) is 2.15. The quantitative estimate of drug-likeness (QED) is 0.920. The van der Waals surface area contributed by atoms with Gasteiger partial charge in [-0.15, -0.1) is 0 Å². The van der Waals surface area contributed by atoms with Crippen molar-refractivity contribution in [1.29, 1.82) is 0 Å². The normalized spacial score (nSPS) is 15.1. The van der Waals surface area contributed by atoms with Crippen LogP contribution in [0.4, 0.5) is 10.1 Å². The third kappa shape index (κ3) is 3.27. The van der Waals surface area contributed by atoms with Crippen molar-refractivity contribution >= 4 is 11.6 Å². The minimum Gasteiger partial charge on any atom is -0.321 e. The average molecular weight is 284 g/mol. The second-order valence-corrected chi connectivity index (χ2v) is 5.42. The zero-order valence-corrected chi connectivity index (χ0v) is 11.7. The molecule has 0 bridgehead atoms. The van der Waals surface area contributed by atoms with Crippen LogP contribution in [0.5, 0.6) is 0 Å². The highest BCUT2D eigenvalue weighted by Crippen LogP contribution is 2.33. The lowest BCUT2D eigenvalue weighted by atomic mass is 9.99. The van der Waals surface area contributed by atoms with Gasteiger partial charge in [-0.1, -0.05) is 18.9 Å². The van der Waals surface area contributed by atoms with Gasteiger partial charge in [0.25, 0.3) is 5.91 Å². The van der Waals surface area contributed by atoms with Crippen LogP contribution in [0.2, 0.25) is 0 Å². The van der Waals surface area contributed by atoms with E-state index in [9.17, 15) is 9.18 Å². The Morgan fingerprint density at radius 2 is 1.81 bits per heavy atom. The van der Waals surface area contributed by atoms with E-state index in [1.54, 1.807) is 12.3 Å².